The van der Waals surface area contributed by atoms with Gasteiger partial charge in [0.2, 0.25) is 5.91 Å². The van der Waals surface area contributed by atoms with Gasteiger partial charge in [0.15, 0.2) is 11.6 Å². The zero-order valence-electron chi connectivity index (χ0n) is 13.6. The van der Waals surface area contributed by atoms with Gasteiger partial charge in [-0.2, -0.15) is 0 Å². The molecule has 1 amide bonds. The van der Waals surface area contributed by atoms with Crippen molar-refractivity contribution in [2.24, 2.45) is 11.3 Å². The minimum absolute atomic E-state index is 0. The number of hydrogen-bond acceptors (Lipinski definition) is 2. The summed E-state index contributed by atoms with van der Waals surface area (Å²) in [5.74, 6) is -1.81. The smallest absolute Gasteiger partial charge is 0.226 e. The second-order valence-corrected chi connectivity index (χ2v) is 7.34. The van der Waals surface area contributed by atoms with Crippen LogP contribution in [0.3, 0.4) is 0 Å². The van der Waals surface area contributed by atoms with Crippen LogP contribution in [0.15, 0.2) is 18.2 Å². The highest BCUT2D eigenvalue weighted by atomic mass is 35.5. The number of piperidine rings is 1. The molecule has 3 nitrogen and oxygen atoms in total. The molecule has 3 aliphatic rings. The van der Waals surface area contributed by atoms with E-state index in [1.807, 2.05) is 4.90 Å². The zero-order valence-corrected chi connectivity index (χ0v) is 14.4. The van der Waals surface area contributed by atoms with E-state index in [0.717, 1.165) is 45.1 Å². The number of rotatable bonds is 2. The van der Waals surface area contributed by atoms with Crippen molar-refractivity contribution in [2.75, 3.05) is 26.2 Å². The number of nitrogens with one attached hydrogen (secondary N) is 1. The summed E-state index contributed by atoms with van der Waals surface area (Å²) in [6.45, 7) is 3.75. The summed E-state index contributed by atoms with van der Waals surface area (Å²) in [6.07, 6.45) is 3.95. The predicted octanol–water partition coefficient (Wildman–Crippen LogP) is 3.09. The molecule has 0 aromatic heterocycles. The van der Waals surface area contributed by atoms with Gasteiger partial charge in [-0.25, -0.2) is 8.78 Å². The van der Waals surface area contributed by atoms with Crippen LogP contribution < -0.4 is 5.32 Å². The Morgan fingerprint density at radius 1 is 1.21 bits per heavy atom. The highest BCUT2D eigenvalue weighted by Crippen LogP contribution is 2.50. The number of likely N-dealkylation sites (tertiary alicyclic amines) is 1. The van der Waals surface area contributed by atoms with Gasteiger partial charge in [-0.15, -0.1) is 12.4 Å². The minimum atomic E-state index is -0.825. The third-order valence-electron chi connectivity index (χ3n) is 5.96. The third kappa shape index (κ3) is 3.04. The van der Waals surface area contributed by atoms with E-state index < -0.39 is 11.6 Å². The predicted molar refractivity (Wildman–Crippen MR) is 90.2 cm³/mol. The third-order valence-corrected chi connectivity index (χ3v) is 5.96. The number of carbonyl (C=O) groups excluding carboxylic acids is 1. The molecule has 2 heterocycles. The maximum Gasteiger partial charge on any atom is 0.226 e. The van der Waals surface area contributed by atoms with E-state index >= 15 is 0 Å². The quantitative estimate of drug-likeness (QED) is 0.883. The maximum absolute atomic E-state index is 13.9. The van der Waals surface area contributed by atoms with Crippen LogP contribution in [0, 0.1) is 23.0 Å². The van der Waals surface area contributed by atoms with Crippen LogP contribution in [0.25, 0.3) is 0 Å². The lowest BCUT2D eigenvalue weighted by Crippen LogP contribution is -2.44. The van der Waals surface area contributed by atoms with E-state index in [1.165, 1.54) is 12.5 Å². The Hall–Kier alpha value is -1.20. The molecule has 24 heavy (non-hydrogen) atoms. The first-order valence-corrected chi connectivity index (χ1v) is 8.53. The van der Waals surface area contributed by atoms with E-state index in [2.05, 4.69) is 5.32 Å². The topological polar surface area (TPSA) is 32.3 Å². The number of nitrogens with zero attached hydrogens (tertiary/aromatic N) is 1. The number of halogens is 3. The lowest BCUT2D eigenvalue weighted by molar-refractivity contribution is -0.134. The first-order valence-electron chi connectivity index (χ1n) is 8.53. The van der Waals surface area contributed by atoms with Crippen molar-refractivity contribution in [3.05, 3.63) is 35.4 Å². The summed E-state index contributed by atoms with van der Waals surface area (Å²) < 4.78 is 27.2. The molecule has 2 atom stereocenters. The van der Waals surface area contributed by atoms with Gasteiger partial charge < -0.3 is 10.2 Å². The summed E-state index contributed by atoms with van der Waals surface area (Å²) in [5, 5.41) is 3.42. The first kappa shape index (κ1) is 17.6. The van der Waals surface area contributed by atoms with Crippen LogP contribution in [-0.4, -0.2) is 37.0 Å². The second-order valence-electron chi connectivity index (χ2n) is 7.34. The van der Waals surface area contributed by atoms with Crippen LogP contribution in [0.5, 0.6) is 0 Å². The van der Waals surface area contributed by atoms with E-state index in [9.17, 15) is 13.6 Å². The van der Waals surface area contributed by atoms with Gasteiger partial charge in [0.25, 0.3) is 0 Å². The number of amides is 1. The molecule has 1 N–H and O–H groups in total. The van der Waals surface area contributed by atoms with Gasteiger partial charge in [-0.05, 0) is 55.2 Å². The maximum atomic E-state index is 13.9. The Balaban J connectivity index is 0.00000169. The number of hydrogen-bond donors (Lipinski definition) is 1. The summed E-state index contributed by atoms with van der Waals surface area (Å²) in [6, 6.07) is 4.24. The van der Waals surface area contributed by atoms with Gasteiger partial charge >= 0.3 is 0 Å². The van der Waals surface area contributed by atoms with Gasteiger partial charge in [-0.1, -0.05) is 12.1 Å². The minimum Gasteiger partial charge on any atom is -0.342 e. The molecular formula is C18H23ClF2N2O. The molecule has 4 rings (SSSR count). The molecule has 1 spiro atoms. The Labute approximate surface area is 147 Å². The van der Waals surface area contributed by atoms with Crippen molar-refractivity contribution in [2.45, 2.75) is 31.6 Å². The SMILES string of the molecule is Cl.O=C(C1CC1c1cccc(F)c1F)N1CCC2(CCNC2)CC1. The molecule has 1 aliphatic carbocycles. The number of benzene rings is 1. The zero-order chi connectivity index (χ0) is 16.0. The average Bonchev–Trinajstić information content (AvgIpc) is 3.23. The van der Waals surface area contributed by atoms with E-state index in [1.54, 1.807) is 6.07 Å². The van der Waals surface area contributed by atoms with E-state index in [-0.39, 0.29) is 30.2 Å². The van der Waals surface area contributed by atoms with Crippen LogP contribution in [0.2, 0.25) is 0 Å². The second kappa shape index (κ2) is 6.60. The van der Waals surface area contributed by atoms with Crippen molar-refractivity contribution in [3.63, 3.8) is 0 Å². The van der Waals surface area contributed by atoms with Crippen molar-refractivity contribution in [1.82, 2.24) is 10.2 Å². The molecule has 1 aromatic carbocycles. The van der Waals surface area contributed by atoms with Crippen molar-refractivity contribution in [3.8, 4) is 0 Å². The summed E-state index contributed by atoms with van der Waals surface area (Å²) >= 11 is 0. The fourth-order valence-electron chi connectivity index (χ4n) is 4.28. The highest BCUT2D eigenvalue weighted by molar-refractivity contribution is 5.85. The Morgan fingerprint density at radius 3 is 2.62 bits per heavy atom. The largest absolute Gasteiger partial charge is 0.342 e. The van der Waals surface area contributed by atoms with Crippen molar-refractivity contribution < 1.29 is 13.6 Å². The first-order chi connectivity index (χ1) is 11.1. The summed E-state index contributed by atoms with van der Waals surface area (Å²) in [5.41, 5.74) is 0.742. The summed E-state index contributed by atoms with van der Waals surface area (Å²) in [7, 11) is 0. The lowest BCUT2D eigenvalue weighted by atomic mass is 9.78. The molecule has 2 unspecified atom stereocenters. The fraction of sp³-hybridized carbons (Fsp3) is 0.611. The van der Waals surface area contributed by atoms with Gasteiger partial charge in [0, 0.05) is 25.6 Å². The standard InChI is InChI=1S/C18H22F2N2O.ClH/c19-15-3-1-2-12(16(15)20)13-10-14(13)17(23)22-8-5-18(6-9-22)4-7-21-11-18;/h1-3,13-14,21H,4-11H2;1H. The monoisotopic (exact) mass is 356 g/mol. The van der Waals surface area contributed by atoms with Crippen LogP contribution >= 0.6 is 12.4 Å². The van der Waals surface area contributed by atoms with Crippen LogP contribution in [-0.2, 0) is 4.79 Å². The van der Waals surface area contributed by atoms with Gasteiger partial charge in [-0.3, -0.25) is 4.79 Å². The van der Waals surface area contributed by atoms with Gasteiger partial charge in [0.05, 0.1) is 0 Å². The lowest BCUT2D eigenvalue weighted by Gasteiger charge is -2.39. The Morgan fingerprint density at radius 2 is 1.96 bits per heavy atom. The summed E-state index contributed by atoms with van der Waals surface area (Å²) in [4.78, 5) is 14.6. The molecule has 132 valence electrons. The molecule has 1 aromatic rings. The van der Waals surface area contributed by atoms with Crippen LogP contribution in [0.4, 0.5) is 8.78 Å². The average molecular weight is 357 g/mol. The molecule has 0 bridgehead atoms. The van der Waals surface area contributed by atoms with Crippen molar-refractivity contribution >= 4 is 18.3 Å². The van der Waals surface area contributed by atoms with Crippen LogP contribution in [0.1, 0.15) is 37.2 Å². The molecule has 6 heteroatoms. The molecule has 3 fully saturated rings. The number of carbonyl (C=O) groups is 1. The Kier molecular flexibility index (Phi) is 4.85. The van der Waals surface area contributed by atoms with Gasteiger partial charge in [0.1, 0.15) is 0 Å². The van der Waals surface area contributed by atoms with Crippen molar-refractivity contribution in [1.29, 1.82) is 0 Å². The molecular weight excluding hydrogens is 334 g/mol. The molecule has 1 saturated carbocycles. The molecule has 2 aliphatic heterocycles. The fourth-order valence-corrected chi connectivity index (χ4v) is 4.28. The van der Waals surface area contributed by atoms with E-state index in [4.69, 9.17) is 0 Å². The molecule has 0 radical (unpaired) electrons. The molecule has 2 saturated heterocycles. The highest BCUT2D eigenvalue weighted by Gasteiger charge is 2.48. The normalized spacial score (nSPS) is 27.8. The van der Waals surface area contributed by atoms with E-state index in [0.29, 0.717) is 17.4 Å². The Bertz CT molecular complexity index is 623.